The number of carboxylic acids is 1. The van der Waals surface area contributed by atoms with Gasteiger partial charge in [0.05, 0.1) is 16.4 Å². The van der Waals surface area contributed by atoms with Crippen molar-refractivity contribution in [3.63, 3.8) is 0 Å². The van der Waals surface area contributed by atoms with Crippen LogP contribution in [-0.2, 0) is 14.9 Å². The van der Waals surface area contributed by atoms with Crippen LogP contribution >= 0.6 is 0 Å². The van der Waals surface area contributed by atoms with Crippen molar-refractivity contribution in [3.8, 4) is 0 Å². The van der Waals surface area contributed by atoms with Crippen LogP contribution in [0.3, 0.4) is 0 Å². The number of hydrogen-bond acceptors (Lipinski definition) is 5. The predicted octanol–water partition coefficient (Wildman–Crippen LogP) is 2.09. The van der Waals surface area contributed by atoms with Gasteiger partial charge in [-0.2, -0.15) is 0 Å². The fourth-order valence-electron chi connectivity index (χ4n) is 2.84. The summed E-state index contributed by atoms with van der Waals surface area (Å²) in [5.74, 6) is -1.02. The van der Waals surface area contributed by atoms with Crippen LogP contribution in [0.25, 0.3) is 0 Å². The molecule has 114 valence electrons. The number of nitrogen functional groups attached to an aromatic ring is 1. The van der Waals surface area contributed by atoms with Crippen molar-refractivity contribution in [3.05, 3.63) is 33.9 Å². The summed E-state index contributed by atoms with van der Waals surface area (Å²) in [7, 11) is 0. The molecule has 2 rings (SSSR count). The number of ether oxygens (including phenoxy) is 1. The molecular weight excluding hydrogens is 276 g/mol. The molecule has 0 radical (unpaired) electrons. The van der Waals surface area contributed by atoms with Crippen LogP contribution in [0.15, 0.2) is 18.2 Å². The van der Waals surface area contributed by atoms with E-state index >= 15 is 0 Å². The fourth-order valence-corrected chi connectivity index (χ4v) is 2.84. The summed E-state index contributed by atoms with van der Waals surface area (Å²) in [6, 6.07) is 3.96. The largest absolute Gasteiger partial charge is 0.481 e. The first kappa shape index (κ1) is 15.2. The van der Waals surface area contributed by atoms with Gasteiger partial charge in [0.1, 0.15) is 0 Å². The van der Waals surface area contributed by atoms with E-state index in [1.54, 1.807) is 0 Å². The smallest absolute Gasteiger partial charge is 0.314 e. The molecule has 1 heterocycles. The third-order valence-electron chi connectivity index (χ3n) is 4.09. The van der Waals surface area contributed by atoms with Crippen LogP contribution in [-0.4, -0.2) is 28.7 Å². The molecule has 0 amide bonds. The van der Waals surface area contributed by atoms with Gasteiger partial charge in [-0.15, -0.1) is 0 Å². The molecule has 7 heteroatoms. The summed E-state index contributed by atoms with van der Waals surface area (Å²) in [5, 5.41) is 20.7. The number of non-ortho nitro benzene ring substituents is 1. The lowest BCUT2D eigenvalue weighted by atomic mass is 9.71. The minimum Gasteiger partial charge on any atom is -0.481 e. The Kier molecular flexibility index (Phi) is 4.13. The summed E-state index contributed by atoms with van der Waals surface area (Å²) >= 11 is 0. The molecule has 1 aliphatic heterocycles. The number of benzene rings is 1. The average molecular weight is 294 g/mol. The Balaban J connectivity index is 2.54. The van der Waals surface area contributed by atoms with E-state index in [0.717, 1.165) is 0 Å². The molecular formula is C14H18N2O5. The highest BCUT2D eigenvalue weighted by atomic mass is 16.6. The Labute approximate surface area is 121 Å². The van der Waals surface area contributed by atoms with E-state index in [9.17, 15) is 20.0 Å². The SMILES string of the molecule is CCC1CC(C(=O)O)(c2cc([N+](=O)[O-])ccc2N)CCO1. The minimum absolute atomic E-state index is 0.153. The van der Waals surface area contributed by atoms with Gasteiger partial charge in [0, 0.05) is 24.4 Å². The lowest BCUT2D eigenvalue weighted by Crippen LogP contribution is -2.45. The van der Waals surface area contributed by atoms with Crippen LogP contribution in [0.4, 0.5) is 11.4 Å². The van der Waals surface area contributed by atoms with E-state index in [-0.39, 0.29) is 30.3 Å². The van der Waals surface area contributed by atoms with E-state index in [2.05, 4.69) is 0 Å². The third-order valence-corrected chi connectivity index (χ3v) is 4.09. The molecule has 3 N–H and O–H groups in total. The molecule has 7 nitrogen and oxygen atoms in total. The van der Waals surface area contributed by atoms with Gasteiger partial charge in [0.25, 0.3) is 5.69 Å². The van der Waals surface area contributed by atoms with Crippen molar-refractivity contribution in [2.24, 2.45) is 0 Å². The van der Waals surface area contributed by atoms with Gasteiger partial charge in [0.15, 0.2) is 0 Å². The van der Waals surface area contributed by atoms with Crippen LogP contribution in [0.5, 0.6) is 0 Å². The molecule has 1 aromatic carbocycles. The van der Waals surface area contributed by atoms with Gasteiger partial charge in [0.2, 0.25) is 0 Å². The number of carboxylic acid groups (broad SMARTS) is 1. The molecule has 1 fully saturated rings. The number of anilines is 1. The number of carbonyl (C=O) groups is 1. The van der Waals surface area contributed by atoms with Gasteiger partial charge < -0.3 is 15.6 Å². The normalized spacial score (nSPS) is 25.5. The van der Waals surface area contributed by atoms with E-state index in [1.165, 1.54) is 18.2 Å². The Hall–Kier alpha value is -2.15. The Morgan fingerprint density at radius 3 is 2.90 bits per heavy atom. The number of nitro groups is 1. The van der Waals surface area contributed by atoms with Crippen LogP contribution < -0.4 is 5.73 Å². The van der Waals surface area contributed by atoms with Crippen molar-refractivity contribution < 1.29 is 19.6 Å². The number of aliphatic carboxylic acids is 1. The minimum atomic E-state index is -1.23. The number of nitrogens with two attached hydrogens (primary N) is 1. The lowest BCUT2D eigenvalue weighted by molar-refractivity contribution is -0.384. The summed E-state index contributed by atoms with van der Waals surface area (Å²) in [5.41, 5.74) is 5.10. The first-order valence-electron chi connectivity index (χ1n) is 6.80. The fraction of sp³-hybridized carbons (Fsp3) is 0.500. The molecule has 1 aliphatic rings. The maximum Gasteiger partial charge on any atom is 0.314 e. The maximum atomic E-state index is 11.9. The van der Waals surface area contributed by atoms with E-state index in [0.29, 0.717) is 18.6 Å². The van der Waals surface area contributed by atoms with Crippen molar-refractivity contribution in [1.29, 1.82) is 0 Å². The molecule has 2 unspecified atom stereocenters. The molecule has 21 heavy (non-hydrogen) atoms. The van der Waals surface area contributed by atoms with E-state index in [1.807, 2.05) is 6.92 Å². The van der Waals surface area contributed by atoms with Crippen molar-refractivity contribution in [2.45, 2.75) is 37.7 Å². The number of rotatable bonds is 4. The second-order valence-electron chi connectivity index (χ2n) is 5.27. The van der Waals surface area contributed by atoms with Crippen LogP contribution in [0, 0.1) is 10.1 Å². The molecule has 0 aliphatic carbocycles. The quantitative estimate of drug-likeness (QED) is 0.499. The molecule has 2 atom stereocenters. The zero-order valence-electron chi connectivity index (χ0n) is 11.7. The predicted molar refractivity (Wildman–Crippen MR) is 76.1 cm³/mol. The number of nitro benzene ring substituents is 1. The summed E-state index contributed by atoms with van der Waals surface area (Å²) in [6.45, 7) is 2.21. The average Bonchev–Trinajstić information content (AvgIpc) is 2.47. The lowest BCUT2D eigenvalue weighted by Gasteiger charge is -2.38. The molecule has 0 bridgehead atoms. The zero-order chi connectivity index (χ0) is 15.6. The monoisotopic (exact) mass is 294 g/mol. The Morgan fingerprint density at radius 2 is 2.33 bits per heavy atom. The topological polar surface area (TPSA) is 116 Å². The van der Waals surface area contributed by atoms with Crippen molar-refractivity contribution >= 4 is 17.3 Å². The van der Waals surface area contributed by atoms with Crippen molar-refractivity contribution in [1.82, 2.24) is 0 Å². The summed E-state index contributed by atoms with van der Waals surface area (Å²) in [6.07, 6.45) is 1.02. The second-order valence-corrected chi connectivity index (χ2v) is 5.27. The van der Waals surface area contributed by atoms with Gasteiger partial charge >= 0.3 is 5.97 Å². The summed E-state index contributed by atoms with van der Waals surface area (Å²) < 4.78 is 5.53. The first-order valence-corrected chi connectivity index (χ1v) is 6.80. The summed E-state index contributed by atoms with van der Waals surface area (Å²) in [4.78, 5) is 22.3. The second kappa shape index (κ2) is 5.69. The van der Waals surface area contributed by atoms with Gasteiger partial charge in [-0.1, -0.05) is 6.92 Å². The van der Waals surface area contributed by atoms with Crippen LogP contribution in [0.1, 0.15) is 31.7 Å². The Morgan fingerprint density at radius 1 is 1.62 bits per heavy atom. The molecule has 1 saturated heterocycles. The molecule has 0 spiro atoms. The molecule has 0 aromatic heterocycles. The highest BCUT2D eigenvalue weighted by Gasteiger charge is 2.46. The van der Waals surface area contributed by atoms with E-state index in [4.69, 9.17) is 10.5 Å². The number of hydrogen-bond donors (Lipinski definition) is 2. The van der Waals surface area contributed by atoms with Gasteiger partial charge in [-0.25, -0.2) is 0 Å². The highest BCUT2D eigenvalue weighted by Crippen LogP contribution is 2.42. The van der Waals surface area contributed by atoms with E-state index < -0.39 is 16.3 Å². The Bertz CT molecular complexity index is 574. The molecule has 1 aromatic rings. The number of nitrogens with zero attached hydrogens (tertiary/aromatic N) is 1. The molecule has 0 saturated carbocycles. The zero-order valence-corrected chi connectivity index (χ0v) is 11.7. The van der Waals surface area contributed by atoms with Crippen molar-refractivity contribution in [2.75, 3.05) is 12.3 Å². The standard InChI is InChI=1S/C14H18N2O5/c1-2-10-8-14(13(17)18,5-6-21-10)11-7-9(16(19)20)3-4-12(11)15/h3-4,7,10H,2,5-6,8,15H2,1H3,(H,17,18). The maximum absolute atomic E-state index is 11.9. The first-order chi connectivity index (χ1) is 9.90. The van der Waals surface area contributed by atoms with Gasteiger partial charge in [-0.3, -0.25) is 14.9 Å². The van der Waals surface area contributed by atoms with Crippen LogP contribution in [0.2, 0.25) is 0 Å². The van der Waals surface area contributed by atoms with Gasteiger partial charge in [-0.05, 0) is 30.9 Å². The third kappa shape index (κ3) is 2.69. The highest BCUT2D eigenvalue weighted by molar-refractivity contribution is 5.84.